The van der Waals surface area contributed by atoms with Crippen molar-refractivity contribution in [2.24, 2.45) is 0 Å². The van der Waals surface area contributed by atoms with E-state index in [0.29, 0.717) is 0 Å². The minimum absolute atomic E-state index is 0.402. The molecule has 1 radical (unpaired) electrons. The summed E-state index contributed by atoms with van der Waals surface area (Å²) >= 11 is 0. The molecule has 2 nitrogen and oxygen atoms in total. The first-order valence-electron chi connectivity index (χ1n) is 4.36. The standard InChI is InChI=1S/C12H13O2/c1-3-11(13)12(2,14)9-10-7-5-4-6-8-10/h3-9,14H,1H2,2H3. The van der Waals surface area contributed by atoms with Crippen molar-refractivity contribution in [2.75, 3.05) is 0 Å². The van der Waals surface area contributed by atoms with Crippen molar-refractivity contribution in [3.8, 4) is 0 Å². The number of ketones is 1. The molecule has 1 aromatic carbocycles. The van der Waals surface area contributed by atoms with Gasteiger partial charge in [0.2, 0.25) is 0 Å². The van der Waals surface area contributed by atoms with Crippen LogP contribution in [0.15, 0.2) is 43.0 Å². The van der Waals surface area contributed by atoms with E-state index < -0.39 is 11.4 Å². The zero-order valence-corrected chi connectivity index (χ0v) is 8.10. The molecule has 0 amide bonds. The molecule has 0 aliphatic rings. The van der Waals surface area contributed by atoms with E-state index in [-0.39, 0.29) is 0 Å². The van der Waals surface area contributed by atoms with Gasteiger partial charge in [0.05, 0.1) is 0 Å². The molecular formula is C12H13O2. The summed E-state index contributed by atoms with van der Waals surface area (Å²) in [7, 11) is 0. The lowest BCUT2D eigenvalue weighted by atomic mass is 9.92. The Morgan fingerprint density at radius 1 is 1.43 bits per heavy atom. The fourth-order valence-corrected chi connectivity index (χ4v) is 1.15. The second-order valence-electron chi connectivity index (χ2n) is 3.27. The van der Waals surface area contributed by atoms with Gasteiger partial charge in [-0.25, -0.2) is 0 Å². The molecule has 0 heterocycles. The van der Waals surface area contributed by atoms with Crippen LogP contribution in [0.3, 0.4) is 0 Å². The number of hydrogen-bond donors (Lipinski definition) is 1. The zero-order chi connectivity index (χ0) is 10.6. The highest BCUT2D eigenvalue weighted by Gasteiger charge is 2.27. The number of carbonyl (C=O) groups is 1. The summed E-state index contributed by atoms with van der Waals surface area (Å²) in [5, 5.41) is 9.76. The molecule has 2 heteroatoms. The van der Waals surface area contributed by atoms with Gasteiger partial charge in [-0.2, -0.15) is 0 Å². The van der Waals surface area contributed by atoms with Gasteiger partial charge >= 0.3 is 0 Å². The van der Waals surface area contributed by atoms with Crippen LogP contribution in [0.25, 0.3) is 0 Å². The van der Waals surface area contributed by atoms with Gasteiger partial charge in [0.25, 0.3) is 0 Å². The molecule has 1 unspecified atom stereocenters. The van der Waals surface area contributed by atoms with Crippen molar-refractivity contribution in [1.29, 1.82) is 0 Å². The lowest BCUT2D eigenvalue weighted by Gasteiger charge is -2.19. The monoisotopic (exact) mass is 189 g/mol. The summed E-state index contributed by atoms with van der Waals surface area (Å²) in [5.41, 5.74) is -0.656. The van der Waals surface area contributed by atoms with Crippen LogP contribution < -0.4 is 0 Å². The lowest BCUT2D eigenvalue weighted by molar-refractivity contribution is -0.127. The molecule has 0 aromatic heterocycles. The van der Waals surface area contributed by atoms with Gasteiger partial charge in [0.1, 0.15) is 5.60 Å². The van der Waals surface area contributed by atoms with Crippen molar-refractivity contribution in [3.05, 3.63) is 55.0 Å². The van der Waals surface area contributed by atoms with Crippen LogP contribution in [0.4, 0.5) is 0 Å². The summed E-state index contributed by atoms with van der Waals surface area (Å²) < 4.78 is 0. The SMILES string of the molecule is C=CC(=O)C(C)(O)[CH]c1ccccc1. The first-order chi connectivity index (χ1) is 6.56. The van der Waals surface area contributed by atoms with Gasteiger partial charge in [-0.3, -0.25) is 4.79 Å². The van der Waals surface area contributed by atoms with Crippen LogP contribution in [-0.2, 0) is 4.79 Å². The Morgan fingerprint density at radius 3 is 2.50 bits per heavy atom. The quantitative estimate of drug-likeness (QED) is 0.732. The number of carbonyl (C=O) groups excluding carboxylic acids is 1. The molecule has 0 saturated heterocycles. The maximum Gasteiger partial charge on any atom is 0.186 e. The fourth-order valence-electron chi connectivity index (χ4n) is 1.15. The first-order valence-corrected chi connectivity index (χ1v) is 4.36. The predicted molar refractivity (Wildman–Crippen MR) is 55.7 cm³/mol. The molecule has 0 spiro atoms. The molecule has 0 bridgehead atoms. The topological polar surface area (TPSA) is 37.3 Å². The van der Waals surface area contributed by atoms with Crippen molar-refractivity contribution in [3.63, 3.8) is 0 Å². The third kappa shape index (κ3) is 2.54. The minimum Gasteiger partial charge on any atom is -0.381 e. The molecule has 73 valence electrons. The van der Waals surface area contributed by atoms with Crippen LogP contribution in [0, 0.1) is 6.42 Å². The molecule has 1 atom stereocenters. The molecule has 1 aromatic rings. The van der Waals surface area contributed by atoms with Crippen molar-refractivity contribution < 1.29 is 9.90 Å². The molecule has 0 saturated carbocycles. The summed E-state index contributed by atoms with van der Waals surface area (Å²) in [4.78, 5) is 11.2. The Kier molecular flexibility index (Phi) is 3.20. The molecule has 1 rings (SSSR count). The molecule has 1 N–H and O–H groups in total. The third-order valence-electron chi connectivity index (χ3n) is 1.93. The molecule has 0 fully saturated rings. The maximum absolute atomic E-state index is 11.2. The Morgan fingerprint density at radius 2 is 2.00 bits per heavy atom. The summed E-state index contributed by atoms with van der Waals surface area (Å²) in [6, 6.07) is 9.22. The number of benzene rings is 1. The number of rotatable bonds is 4. The minimum atomic E-state index is -1.47. The molecule has 0 aliphatic carbocycles. The lowest BCUT2D eigenvalue weighted by Crippen LogP contribution is -2.34. The van der Waals surface area contributed by atoms with Gasteiger partial charge in [-0.15, -0.1) is 0 Å². The van der Waals surface area contributed by atoms with Crippen LogP contribution in [0.5, 0.6) is 0 Å². The Balaban J connectivity index is 2.78. The van der Waals surface area contributed by atoms with Crippen LogP contribution in [-0.4, -0.2) is 16.5 Å². The normalized spacial score (nSPS) is 14.4. The average Bonchev–Trinajstić information content (AvgIpc) is 2.17. The van der Waals surface area contributed by atoms with Crippen LogP contribution >= 0.6 is 0 Å². The smallest absolute Gasteiger partial charge is 0.186 e. The predicted octanol–water partition coefficient (Wildman–Crippen LogP) is 1.75. The van der Waals surface area contributed by atoms with Crippen molar-refractivity contribution >= 4 is 5.78 Å². The van der Waals surface area contributed by atoms with E-state index in [9.17, 15) is 9.90 Å². The number of aliphatic hydroxyl groups is 1. The van der Waals surface area contributed by atoms with E-state index in [1.165, 1.54) is 13.3 Å². The Hall–Kier alpha value is -1.41. The third-order valence-corrected chi connectivity index (χ3v) is 1.93. The summed E-state index contributed by atoms with van der Waals surface area (Å²) in [6.45, 7) is 4.79. The Bertz CT molecular complexity index is 325. The van der Waals surface area contributed by atoms with Gasteiger partial charge in [-0.05, 0) is 18.6 Å². The highest BCUT2D eigenvalue weighted by molar-refractivity contribution is 5.97. The zero-order valence-electron chi connectivity index (χ0n) is 8.10. The van der Waals surface area contributed by atoms with Gasteiger partial charge in [0.15, 0.2) is 5.78 Å². The van der Waals surface area contributed by atoms with E-state index >= 15 is 0 Å². The average molecular weight is 189 g/mol. The highest BCUT2D eigenvalue weighted by atomic mass is 16.3. The second-order valence-corrected chi connectivity index (χ2v) is 3.27. The van der Waals surface area contributed by atoms with Gasteiger partial charge in [-0.1, -0.05) is 36.9 Å². The molecule has 0 aliphatic heterocycles. The fraction of sp³-hybridized carbons (Fsp3) is 0.167. The van der Waals surface area contributed by atoms with Gasteiger partial charge in [0, 0.05) is 6.42 Å². The van der Waals surface area contributed by atoms with E-state index in [1.54, 1.807) is 0 Å². The first kappa shape index (κ1) is 10.7. The molecular weight excluding hydrogens is 176 g/mol. The van der Waals surface area contributed by atoms with E-state index in [2.05, 4.69) is 6.58 Å². The van der Waals surface area contributed by atoms with E-state index in [1.807, 2.05) is 30.3 Å². The summed E-state index contributed by atoms with van der Waals surface area (Å²) in [6.07, 6.45) is 2.64. The maximum atomic E-state index is 11.2. The van der Waals surface area contributed by atoms with E-state index in [0.717, 1.165) is 11.6 Å². The van der Waals surface area contributed by atoms with Crippen molar-refractivity contribution in [1.82, 2.24) is 0 Å². The van der Waals surface area contributed by atoms with Crippen molar-refractivity contribution in [2.45, 2.75) is 12.5 Å². The Labute approximate surface area is 83.9 Å². The van der Waals surface area contributed by atoms with Gasteiger partial charge < -0.3 is 5.11 Å². The second kappa shape index (κ2) is 4.20. The van der Waals surface area contributed by atoms with E-state index in [4.69, 9.17) is 0 Å². The van der Waals surface area contributed by atoms with Crippen LogP contribution in [0.2, 0.25) is 0 Å². The summed E-state index contributed by atoms with van der Waals surface area (Å²) in [5.74, 6) is -0.402. The number of hydrogen-bond acceptors (Lipinski definition) is 2. The largest absolute Gasteiger partial charge is 0.381 e. The van der Waals surface area contributed by atoms with Crippen LogP contribution in [0.1, 0.15) is 12.5 Å². The highest BCUT2D eigenvalue weighted by Crippen LogP contribution is 2.16. The molecule has 14 heavy (non-hydrogen) atoms.